The minimum absolute atomic E-state index is 0.0131. The van der Waals surface area contributed by atoms with Crippen molar-refractivity contribution in [2.45, 2.75) is 44.4 Å². The summed E-state index contributed by atoms with van der Waals surface area (Å²) in [5, 5.41) is 3.29. The highest BCUT2D eigenvalue weighted by Crippen LogP contribution is 2.29. The van der Waals surface area contributed by atoms with Gasteiger partial charge in [-0.05, 0) is 37.1 Å². The van der Waals surface area contributed by atoms with Crippen LogP contribution in [0.1, 0.15) is 41.2 Å². The summed E-state index contributed by atoms with van der Waals surface area (Å²) in [6.07, 6.45) is 4.60. The van der Waals surface area contributed by atoms with E-state index in [-0.39, 0.29) is 18.1 Å². The molecule has 1 amide bonds. The maximum absolute atomic E-state index is 12.9. The Morgan fingerprint density at radius 1 is 1.31 bits per heavy atom. The zero-order valence-electron chi connectivity index (χ0n) is 14.4. The lowest BCUT2D eigenvalue weighted by Crippen LogP contribution is -2.54. The van der Waals surface area contributed by atoms with Gasteiger partial charge in [-0.1, -0.05) is 24.4 Å². The molecule has 2 aromatic rings. The molecule has 7 heteroatoms. The standard InChI is InChI=1S/C19H21ClN2O3S/c20-13-5-7-14(8-6-13)25-11-18-21-15(12-26-18)19(23)22-9-10-24-17-4-2-1-3-16(17)22/h5-8,12,16-17H,1-4,9-11H2/t16-,17-/m1/s1. The van der Waals surface area contributed by atoms with Crippen molar-refractivity contribution in [3.8, 4) is 5.75 Å². The molecule has 0 unspecified atom stereocenters. The van der Waals surface area contributed by atoms with E-state index in [9.17, 15) is 4.79 Å². The number of hydrogen-bond acceptors (Lipinski definition) is 5. The Bertz CT molecular complexity index is 762. The van der Waals surface area contributed by atoms with Gasteiger partial charge in [0.25, 0.3) is 5.91 Å². The smallest absolute Gasteiger partial charge is 0.273 e. The molecule has 0 spiro atoms. The molecule has 26 heavy (non-hydrogen) atoms. The van der Waals surface area contributed by atoms with Crippen LogP contribution in [-0.2, 0) is 11.3 Å². The van der Waals surface area contributed by atoms with E-state index in [1.165, 1.54) is 17.8 Å². The number of nitrogens with zero attached hydrogens (tertiary/aromatic N) is 2. The van der Waals surface area contributed by atoms with Gasteiger partial charge in [-0.3, -0.25) is 4.79 Å². The lowest BCUT2D eigenvalue weighted by Gasteiger charge is -2.43. The Labute approximate surface area is 161 Å². The molecule has 0 N–H and O–H groups in total. The number of carbonyl (C=O) groups excluding carboxylic acids is 1. The van der Waals surface area contributed by atoms with Crippen LogP contribution in [0, 0.1) is 0 Å². The number of aromatic nitrogens is 1. The number of rotatable bonds is 4. The zero-order chi connectivity index (χ0) is 17.9. The Morgan fingerprint density at radius 2 is 2.12 bits per heavy atom. The molecule has 4 rings (SSSR count). The monoisotopic (exact) mass is 392 g/mol. The fraction of sp³-hybridized carbons (Fsp3) is 0.474. The van der Waals surface area contributed by atoms with Gasteiger partial charge in [0.15, 0.2) is 0 Å². The van der Waals surface area contributed by atoms with E-state index in [1.54, 1.807) is 12.1 Å². The predicted molar refractivity (Wildman–Crippen MR) is 101 cm³/mol. The van der Waals surface area contributed by atoms with E-state index in [0.29, 0.717) is 30.5 Å². The van der Waals surface area contributed by atoms with Crippen molar-refractivity contribution in [1.29, 1.82) is 0 Å². The first-order valence-corrected chi connectivity index (χ1v) is 10.2. The van der Waals surface area contributed by atoms with Gasteiger partial charge >= 0.3 is 0 Å². The van der Waals surface area contributed by atoms with Gasteiger partial charge in [0.2, 0.25) is 0 Å². The maximum atomic E-state index is 12.9. The summed E-state index contributed by atoms with van der Waals surface area (Å²) in [6, 6.07) is 7.40. The lowest BCUT2D eigenvalue weighted by molar-refractivity contribution is -0.0754. The highest BCUT2D eigenvalue weighted by molar-refractivity contribution is 7.09. The normalized spacial score (nSPS) is 22.7. The Hall–Kier alpha value is -1.63. The van der Waals surface area contributed by atoms with Gasteiger partial charge in [0.1, 0.15) is 23.1 Å². The highest BCUT2D eigenvalue weighted by atomic mass is 35.5. The number of fused-ring (bicyclic) bond motifs is 1. The number of halogens is 1. The zero-order valence-corrected chi connectivity index (χ0v) is 16.0. The van der Waals surface area contributed by atoms with Crippen LogP contribution < -0.4 is 4.74 Å². The van der Waals surface area contributed by atoms with E-state index in [0.717, 1.165) is 30.0 Å². The summed E-state index contributed by atoms with van der Waals surface area (Å²) in [4.78, 5) is 19.4. The molecule has 2 aliphatic rings. The van der Waals surface area contributed by atoms with Gasteiger partial charge in [-0.15, -0.1) is 11.3 Å². The molecule has 2 atom stereocenters. The number of thiazole rings is 1. The van der Waals surface area contributed by atoms with Gasteiger partial charge in [-0.2, -0.15) is 0 Å². The van der Waals surface area contributed by atoms with Crippen molar-refractivity contribution < 1.29 is 14.3 Å². The number of amides is 1. The summed E-state index contributed by atoms with van der Waals surface area (Å²) in [5.41, 5.74) is 0.510. The molecule has 1 saturated carbocycles. The van der Waals surface area contributed by atoms with Gasteiger partial charge in [0.05, 0.1) is 18.8 Å². The molecule has 138 valence electrons. The molecule has 1 aromatic carbocycles. The van der Waals surface area contributed by atoms with Crippen LogP contribution in [-0.4, -0.2) is 41.1 Å². The van der Waals surface area contributed by atoms with Crippen LogP contribution in [0.25, 0.3) is 0 Å². The fourth-order valence-electron chi connectivity index (χ4n) is 3.65. The summed E-state index contributed by atoms with van der Waals surface area (Å²) in [7, 11) is 0. The van der Waals surface area contributed by atoms with E-state index in [2.05, 4.69) is 4.98 Å². The van der Waals surface area contributed by atoms with Crippen molar-refractivity contribution in [3.05, 3.63) is 45.4 Å². The van der Waals surface area contributed by atoms with Crippen molar-refractivity contribution in [3.63, 3.8) is 0 Å². The third-order valence-electron chi connectivity index (χ3n) is 4.94. The largest absolute Gasteiger partial charge is 0.486 e. The molecule has 0 radical (unpaired) electrons. The van der Waals surface area contributed by atoms with Crippen molar-refractivity contribution >= 4 is 28.8 Å². The van der Waals surface area contributed by atoms with Crippen LogP contribution in [0.3, 0.4) is 0 Å². The number of benzene rings is 1. The number of ether oxygens (including phenoxy) is 2. The van der Waals surface area contributed by atoms with Gasteiger partial charge in [0, 0.05) is 16.9 Å². The second-order valence-corrected chi connectivity index (χ2v) is 8.01. The maximum Gasteiger partial charge on any atom is 0.273 e. The first-order valence-electron chi connectivity index (χ1n) is 8.96. The molecule has 1 saturated heterocycles. The van der Waals surface area contributed by atoms with Gasteiger partial charge in [-0.25, -0.2) is 4.98 Å². The summed E-state index contributed by atoms with van der Waals surface area (Å²) in [5.74, 6) is 0.745. The van der Waals surface area contributed by atoms with Crippen molar-refractivity contribution in [2.24, 2.45) is 0 Å². The summed E-state index contributed by atoms with van der Waals surface area (Å²) < 4.78 is 11.6. The summed E-state index contributed by atoms with van der Waals surface area (Å²) >= 11 is 7.33. The Kier molecular flexibility index (Phi) is 5.43. The van der Waals surface area contributed by atoms with E-state index in [4.69, 9.17) is 21.1 Å². The van der Waals surface area contributed by atoms with E-state index < -0.39 is 0 Å². The van der Waals surface area contributed by atoms with E-state index >= 15 is 0 Å². The molecule has 1 aliphatic carbocycles. The molecule has 5 nitrogen and oxygen atoms in total. The summed E-state index contributed by atoms with van der Waals surface area (Å²) in [6.45, 7) is 1.60. The second-order valence-electron chi connectivity index (χ2n) is 6.63. The highest BCUT2D eigenvalue weighted by Gasteiger charge is 2.37. The quantitative estimate of drug-likeness (QED) is 0.784. The Balaban J connectivity index is 1.40. The minimum atomic E-state index is 0.0131. The van der Waals surface area contributed by atoms with Crippen LogP contribution in [0.15, 0.2) is 29.6 Å². The van der Waals surface area contributed by atoms with E-state index in [1.807, 2.05) is 22.4 Å². The van der Waals surface area contributed by atoms with Crippen LogP contribution in [0.5, 0.6) is 5.75 Å². The fourth-order valence-corrected chi connectivity index (χ4v) is 4.45. The third kappa shape index (κ3) is 3.87. The average molecular weight is 393 g/mol. The van der Waals surface area contributed by atoms with Crippen LogP contribution >= 0.6 is 22.9 Å². The third-order valence-corrected chi connectivity index (χ3v) is 6.01. The molecule has 1 aliphatic heterocycles. The topological polar surface area (TPSA) is 51.7 Å². The van der Waals surface area contributed by atoms with Gasteiger partial charge < -0.3 is 14.4 Å². The average Bonchev–Trinajstić information content (AvgIpc) is 3.15. The Morgan fingerprint density at radius 3 is 2.96 bits per heavy atom. The van der Waals surface area contributed by atoms with Crippen molar-refractivity contribution in [1.82, 2.24) is 9.88 Å². The molecule has 2 fully saturated rings. The van der Waals surface area contributed by atoms with Crippen molar-refractivity contribution in [2.75, 3.05) is 13.2 Å². The predicted octanol–water partition coefficient (Wildman–Crippen LogP) is 4.16. The first-order chi connectivity index (χ1) is 12.7. The van der Waals surface area contributed by atoms with Crippen LogP contribution in [0.4, 0.5) is 0 Å². The number of morpholine rings is 1. The number of hydrogen-bond donors (Lipinski definition) is 0. The molecule has 2 heterocycles. The molecular formula is C19H21ClN2O3S. The molecule has 0 bridgehead atoms. The minimum Gasteiger partial charge on any atom is -0.486 e. The lowest BCUT2D eigenvalue weighted by atomic mass is 9.90. The van der Waals surface area contributed by atoms with Crippen LogP contribution in [0.2, 0.25) is 5.02 Å². The second kappa shape index (κ2) is 7.94. The molecular weight excluding hydrogens is 372 g/mol. The SMILES string of the molecule is O=C(c1csc(COc2ccc(Cl)cc2)n1)N1CCO[C@@H]2CCCC[C@H]21. The number of carbonyl (C=O) groups is 1. The molecule has 1 aromatic heterocycles. The first kappa shape index (κ1) is 17.8.